The molecule has 0 bridgehead atoms. The second-order valence-corrected chi connectivity index (χ2v) is 5.29. The smallest absolute Gasteiger partial charge is 0.257 e. The third-order valence-corrected chi connectivity index (χ3v) is 3.40. The predicted octanol–water partition coefficient (Wildman–Crippen LogP) is 3.60. The highest BCUT2D eigenvalue weighted by Crippen LogP contribution is 2.23. The number of aryl methyl sites for hydroxylation is 1. The first-order valence-corrected chi connectivity index (χ1v) is 6.81. The van der Waals surface area contributed by atoms with Gasteiger partial charge in [-0.05, 0) is 48.9 Å². The maximum absolute atomic E-state index is 12.2. The van der Waals surface area contributed by atoms with Crippen LogP contribution in [-0.2, 0) is 0 Å². The number of carbonyl (C=O) groups is 1. The van der Waals surface area contributed by atoms with Crippen molar-refractivity contribution in [3.8, 4) is 5.75 Å². The lowest BCUT2D eigenvalue weighted by Gasteiger charge is -2.10. The summed E-state index contributed by atoms with van der Waals surface area (Å²) in [6.07, 6.45) is 0. The number of hydrogen-bond donors (Lipinski definition) is 2. The van der Waals surface area contributed by atoms with E-state index in [0.717, 1.165) is 15.8 Å². The Labute approximate surface area is 126 Å². The first-order chi connectivity index (χ1) is 9.51. The Hall–Kier alpha value is -2.01. The lowest BCUT2D eigenvalue weighted by atomic mass is 10.1. The molecule has 0 radical (unpaired) electrons. The Bertz CT molecular complexity index is 656. The molecular weight excluding hydrogens is 320 g/mol. The van der Waals surface area contributed by atoms with E-state index in [0.29, 0.717) is 16.9 Å². The molecule has 0 atom stereocenters. The van der Waals surface area contributed by atoms with Crippen LogP contribution in [0.1, 0.15) is 15.9 Å². The van der Waals surface area contributed by atoms with Crippen LogP contribution in [0.3, 0.4) is 0 Å². The minimum Gasteiger partial charge on any atom is -0.496 e. The zero-order valence-electron chi connectivity index (χ0n) is 11.2. The van der Waals surface area contributed by atoms with Gasteiger partial charge in [-0.3, -0.25) is 4.79 Å². The van der Waals surface area contributed by atoms with Gasteiger partial charge in [0.15, 0.2) is 0 Å². The van der Waals surface area contributed by atoms with Gasteiger partial charge < -0.3 is 15.8 Å². The number of methoxy groups -OCH3 is 1. The first-order valence-electron chi connectivity index (χ1n) is 6.02. The number of benzene rings is 2. The van der Waals surface area contributed by atoms with Gasteiger partial charge in [-0.2, -0.15) is 0 Å². The van der Waals surface area contributed by atoms with Crippen molar-refractivity contribution in [2.75, 3.05) is 18.2 Å². The number of carbonyl (C=O) groups excluding carboxylic acids is 1. The fourth-order valence-corrected chi connectivity index (χ4v) is 2.27. The van der Waals surface area contributed by atoms with Crippen molar-refractivity contribution in [3.63, 3.8) is 0 Å². The lowest BCUT2D eigenvalue weighted by molar-refractivity contribution is 0.102. The van der Waals surface area contributed by atoms with Gasteiger partial charge in [-0.25, -0.2) is 0 Å². The molecule has 2 rings (SSSR count). The van der Waals surface area contributed by atoms with Gasteiger partial charge in [0, 0.05) is 15.8 Å². The molecule has 0 aromatic heterocycles. The molecule has 104 valence electrons. The summed E-state index contributed by atoms with van der Waals surface area (Å²) in [5.41, 5.74) is 8.38. The maximum atomic E-state index is 12.2. The standard InChI is InChI=1S/C15H15BrN2O2/c1-9-7-11(4-6-14(9)20-2)18-15(19)12-5-3-10(16)8-13(12)17/h3-8H,17H2,1-2H3,(H,18,19). The largest absolute Gasteiger partial charge is 0.496 e. The van der Waals surface area contributed by atoms with E-state index in [-0.39, 0.29) is 5.91 Å². The topological polar surface area (TPSA) is 64.3 Å². The van der Waals surface area contributed by atoms with Gasteiger partial charge >= 0.3 is 0 Å². The molecular formula is C15H15BrN2O2. The van der Waals surface area contributed by atoms with Crippen molar-refractivity contribution in [3.05, 3.63) is 52.0 Å². The highest BCUT2D eigenvalue weighted by atomic mass is 79.9. The summed E-state index contributed by atoms with van der Waals surface area (Å²) in [4.78, 5) is 12.2. The second kappa shape index (κ2) is 5.96. The van der Waals surface area contributed by atoms with E-state index in [4.69, 9.17) is 10.5 Å². The third kappa shape index (κ3) is 3.11. The van der Waals surface area contributed by atoms with Gasteiger partial charge in [0.1, 0.15) is 5.75 Å². The summed E-state index contributed by atoms with van der Waals surface area (Å²) in [5, 5.41) is 2.82. The average Bonchev–Trinajstić information content (AvgIpc) is 2.38. The van der Waals surface area contributed by atoms with Crippen LogP contribution in [0.25, 0.3) is 0 Å². The van der Waals surface area contributed by atoms with Crippen molar-refractivity contribution in [2.45, 2.75) is 6.92 Å². The molecule has 3 N–H and O–H groups in total. The molecule has 1 amide bonds. The minimum absolute atomic E-state index is 0.237. The van der Waals surface area contributed by atoms with Crippen LogP contribution in [0.2, 0.25) is 0 Å². The Morgan fingerprint density at radius 3 is 2.60 bits per heavy atom. The maximum Gasteiger partial charge on any atom is 0.257 e. The number of nitrogens with two attached hydrogens (primary N) is 1. The molecule has 0 aliphatic carbocycles. The summed E-state index contributed by atoms with van der Waals surface area (Å²) in [6, 6.07) is 10.6. The number of hydrogen-bond acceptors (Lipinski definition) is 3. The van der Waals surface area contributed by atoms with Crippen LogP contribution in [0, 0.1) is 6.92 Å². The number of rotatable bonds is 3. The van der Waals surface area contributed by atoms with Gasteiger partial charge in [0.25, 0.3) is 5.91 Å². The molecule has 0 unspecified atom stereocenters. The Morgan fingerprint density at radius 2 is 2.00 bits per heavy atom. The molecule has 0 saturated carbocycles. The normalized spacial score (nSPS) is 10.2. The molecule has 0 aliphatic heterocycles. The Kier molecular flexibility index (Phi) is 4.29. The monoisotopic (exact) mass is 334 g/mol. The summed E-state index contributed by atoms with van der Waals surface area (Å²) >= 11 is 3.31. The van der Waals surface area contributed by atoms with Crippen molar-refractivity contribution in [1.82, 2.24) is 0 Å². The fraction of sp³-hybridized carbons (Fsp3) is 0.133. The Morgan fingerprint density at radius 1 is 1.25 bits per heavy atom. The number of ether oxygens (including phenoxy) is 1. The van der Waals surface area contributed by atoms with Crippen molar-refractivity contribution >= 4 is 33.2 Å². The Balaban J connectivity index is 2.21. The van der Waals surface area contributed by atoms with E-state index in [1.807, 2.05) is 19.1 Å². The summed E-state index contributed by atoms with van der Waals surface area (Å²) < 4.78 is 6.02. The number of halogens is 1. The SMILES string of the molecule is COc1ccc(NC(=O)c2ccc(Br)cc2N)cc1C. The summed E-state index contributed by atoms with van der Waals surface area (Å²) in [7, 11) is 1.61. The summed E-state index contributed by atoms with van der Waals surface area (Å²) in [6.45, 7) is 1.92. The molecule has 2 aromatic carbocycles. The highest BCUT2D eigenvalue weighted by molar-refractivity contribution is 9.10. The zero-order chi connectivity index (χ0) is 14.7. The van der Waals surface area contributed by atoms with Crippen molar-refractivity contribution in [1.29, 1.82) is 0 Å². The van der Waals surface area contributed by atoms with Crippen LogP contribution in [0.5, 0.6) is 5.75 Å². The van der Waals surface area contributed by atoms with Crippen molar-refractivity contribution in [2.24, 2.45) is 0 Å². The minimum atomic E-state index is -0.237. The quantitative estimate of drug-likeness (QED) is 0.843. The van der Waals surface area contributed by atoms with Crippen LogP contribution >= 0.6 is 15.9 Å². The lowest BCUT2D eigenvalue weighted by Crippen LogP contribution is -2.14. The second-order valence-electron chi connectivity index (χ2n) is 4.37. The molecule has 20 heavy (non-hydrogen) atoms. The van der Waals surface area contributed by atoms with Gasteiger partial charge in [-0.1, -0.05) is 15.9 Å². The number of nitrogens with one attached hydrogen (secondary N) is 1. The molecule has 0 saturated heterocycles. The van der Waals surface area contributed by atoms with E-state index in [1.54, 1.807) is 31.4 Å². The highest BCUT2D eigenvalue weighted by Gasteiger charge is 2.11. The molecule has 0 heterocycles. The average molecular weight is 335 g/mol. The number of amides is 1. The number of nitrogen functional groups attached to an aromatic ring is 1. The van der Waals surface area contributed by atoms with E-state index in [1.165, 1.54) is 0 Å². The molecule has 2 aromatic rings. The molecule has 0 spiro atoms. The van der Waals surface area contributed by atoms with E-state index >= 15 is 0 Å². The van der Waals surface area contributed by atoms with E-state index in [9.17, 15) is 4.79 Å². The van der Waals surface area contributed by atoms with Crippen LogP contribution in [0.15, 0.2) is 40.9 Å². The van der Waals surface area contributed by atoms with E-state index < -0.39 is 0 Å². The predicted molar refractivity (Wildman–Crippen MR) is 84.2 cm³/mol. The van der Waals surface area contributed by atoms with Crippen LogP contribution in [0.4, 0.5) is 11.4 Å². The summed E-state index contributed by atoms with van der Waals surface area (Å²) in [5.74, 6) is 0.547. The van der Waals surface area contributed by atoms with Crippen LogP contribution in [-0.4, -0.2) is 13.0 Å². The fourth-order valence-electron chi connectivity index (χ4n) is 1.89. The van der Waals surface area contributed by atoms with Gasteiger partial charge in [0.05, 0.1) is 12.7 Å². The molecule has 0 aliphatic rings. The van der Waals surface area contributed by atoms with Crippen molar-refractivity contribution < 1.29 is 9.53 Å². The molecule has 0 fully saturated rings. The first kappa shape index (κ1) is 14.4. The molecule has 4 nitrogen and oxygen atoms in total. The third-order valence-electron chi connectivity index (χ3n) is 2.91. The van der Waals surface area contributed by atoms with Crippen LogP contribution < -0.4 is 15.8 Å². The zero-order valence-corrected chi connectivity index (χ0v) is 12.8. The number of anilines is 2. The molecule has 5 heteroatoms. The van der Waals surface area contributed by atoms with E-state index in [2.05, 4.69) is 21.2 Å². The van der Waals surface area contributed by atoms with Gasteiger partial charge in [-0.15, -0.1) is 0 Å². The van der Waals surface area contributed by atoms with Gasteiger partial charge in [0.2, 0.25) is 0 Å².